The van der Waals surface area contributed by atoms with Crippen LogP contribution in [0.5, 0.6) is 0 Å². The molecule has 5 heteroatoms. The van der Waals surface area contributed by atoms with Crippen LogP contribution in [-0.2, 0) is 0 Å². The van der Waals surface area contributed by atoms with Crippen molar-refractivity contribution in [3.05, 3.63) is 11.6 Å². The Bertz CT molecular complexity index is 748. The molecule has 37 heavy (non-hydrogen) atoms. The van der Waals surface area contributed by atoms with E-state index in [4.69, 9.17) is 0 Å². The molecule has 0 amide bonds. The zero-order valence-electron chi connectivity index (χ0n) is 23.4. The molecule has 5 nitrogen and oxygen atoms in total. The van der Waals surface area contributed by atoms with Crippen LogP contribution in [0.25, 0.3) is 0 Å². The highest BCUT2D eigenvalue weighted by atomic mass is 15.2. The maximum Gasteiger partial charge on any atom is 0.126 e. The van der Waals surface area contributed by atoms with E-state index < -0.39 is 0 Å². The van der Waals surface area contributed by atoms with Crippen molar-refractivity contribution in [2.45, 2.75) is 119 Å². The topological polar surface area (TPSA) is 61.8 Å². The molecule has 0 aliphatic carbocycles. The van der Waals surface area contributed by atoms with Crippen LogP contribution in [0.3, 0.4) is 0 Å². The molecule has 0 atom stereocenters. The summed E-state index contributed by atoms with van der Waals surface area (Å²) in [5.41, 5.74) is 6.44. The van der Waals surface area contributed by atoms with Crippen molar-refractivity contribution in [2.24, 2.45) is 60.7 Å². The average Bonchev–Trinajstić information content (AvgIpc) is 3.49. The van der Waals surface area contributed by atoms with Gasteiger partial charge in [-0.05, 0) is 41.2 Å². The van der Waals surface area contributed by atoms with Gasteiger partial charge >= 0.3 is 0 Å². The Morgan fingerprint density at radius 1 is 0.514 bits per heavy atom. The van der Waals surface area contributed by atoms with E-state index in [1.54, 1.807) is 0 Å². The Morgan fingerprint density at radius 3 is 1.19 bits per heavy atom. The minimum absolute atomic E-state index is 0. The number of amidine groups is 1. The zero-order valence-corrected chi connectivity index (χ0v) is 23.4. The van der Waals surface area contributed by atoms with Gasteiger partial charge in [-0.1, -0.05) is 113 Å². The van der Waals surface area contributed by atoms with E-state index in [9.17, 15) is 0 Å². The number of hydrogen-bond donors (Lipinski definition) is 0. The van der Waals surface area contributed by atoms with Gasteiger partial charge < -0.3 is 0 Å². The molecule has 3 rings (SSSR count). The summed E-state index contributed by atoms with van der Waals surface area (Å²) in [4.78, 5) is 13.3. The smallest absolute Gasteiger partial charge is 0.126 e. The first-order valence-electron chi connectivity index (χ1n) is 12.8. The molecule has 0 unspecified atom stereocenters. The fraction of sp³-hybridized carbons (Fsp3) is 0.781. The lowest BCUT2D eigenvalue weighted by Gasteiger charge is -2.05. The number of aliphatic imine (C=N–C) groups is 3. The molecule has 0 saturated carbocycles. The molecule has 0 radical (unpaired) electrons. The van der Waals surface area contributed by atoms with E-state index in [2.05, 4.69) is 114 Å². The third-order valence-electron chi connectivity index (χ3n) is 5.96. The highest BCUT2D eigenvalue weighted by Gasteiger charge is 2.17. The van der Waals surface area contributed by atoms with Crippen LogP contribution in [0, 0.1) is 35.5 Å². The van der Waals surface area contributed by atoms with Crippen LogP contribution >= 0.6 is 0 Å². The van der Waals surface area contributed by atoms with Crippen LogP contribution in [0.4, 0.5) is 0 Å². The summed E-state index contributed by atoms with van der Waals surface area (Å²) in [6, 6.07) is 0. The van der Waals surface area contributed by atoms with Crippen molar-refractivity contribution in [1.29, 1.82) is 0 Å². The fourth-order valence-electron chi connectivity index (χ4n) is 3.19. The van der Waals surface area contributed by atoms with Crippen LogP contribution in [-0.4, -0.2) is 41.8 Å². The van der Waals surface area contributed by atoms with E-state index in [0.29, 0.717) is 35.5 Å². The minimum Gasteiger partial charge on any atom is -0.285 e. The summed E-state index contributed by atoms with van der Waals surface area (Å²) in [7, 11) is 0. The van der Waals surface area contributed by atoms with Crippen molar-refractivity contribution >= 4 is 28.7 Å². The summed E-state index contributed by atoms with van der Waals surface area (Å²) in [5.74, 6) is 4.40. The average molecular weight is 520 g/mol. The number of allylic oxidation sites excluding steroid dienone is 1. The van der Waals surface area contributed by atoms with E-state index >= 15 is 0 Å². The van der Waals surface area contributed by atoms with Gasteiger partial charge in [-0.25, -0.2) is 4.99 Å². The van der Waals surface area contributed by atoms with E-state index in [1.807, 2.05) is 0 Å². The summed E-state index contributed by atoms with van der Waals surface area (Å²) in [5, 5.41) is 8.28. The molecule has 0 aromatic rings. The van der Waals surface area contributed by atoms with Crippen molar-refractivity contribution < 1.29 is 0 Å². The maximum atomic E-state index is 4.46. The van der Waals surface area contributed by atoms with Gasteiger partial charge in [0.1, 0.15) is 5.84 Å². The molecule has 3 heterocycles. The summed E-state index contributed by atoms with van der Waals surface area (Å²) < 4.78 is 0. The standard InChI is InChI=1S/C10H17N.2C9H16N2.4CH4/c1-7(2)9-5-10(8(3)4)11-6-9;1-6(2)8-5-10-9(11-8)7(3)4;1-6(2)8-5-9(7(3)4)11-10-8;;;;/h5,7-8H,6H2,1-4H3;2*6-7H,5H2,1-4H3;4*1H4. The third kappa shape index (κ3) is 14.6. The Kier molecular flexibility index (Phi) is 22.9. The lowest BCUT2D eigenvalue weighted by Crippen LogP contribution is -2.12. The molecule has 0 spiro atoms. The van der Waals surface area contributed by atoms with Gasteiger partial charge in [0.15, 0.2) is 0 Å². The van der Waals surface area contributed by atoms with Crippen molar-refractivity contribution in [3.8, 4) is 0 Å². The quantitative estimate of drug-likeness (QED) is 0.335. The van der Waals surface area contributed by atoms with Crippen LogP contribution in [0.15, 0.2) is 36.8 Å². The summed E-state index contributed by atoms with van der Waals surface area (Å²) in [6.45, 7) is 27.8. The van der Waals surface area contributed by atoms with Gasteiger partial charge in [0.05, 0.1) is 13.1 Å². The molecule has 0 bridgehead atoms. The molecule has 0 aromatic heterocycles. The van der Waals surface area contributed by atoms with Gasteiger partial charge in [-0.2, -0.15) is 10.2 Å². The Morgan fingerprint density at radius 2 is 0.973 bits per heavy atom. The van der Waals surface area contributed by atoms with Gasteiger partial charge in [0.25, 0.3) is 0 Å². The lowest BCUT2D eigenvalue weighted by atomic mass is 9.98. The molecule has 0 aromatic carbocycles. The molecule has 0 N–H and O–H groups in total. The van der Waals surface area contributed by atoms with E-state index in [1.165, 1.54) is 28.4 Å². The third-order valence-corrected chi connectivity index (χ3v) is 5.96. The fourth-order valence-corrected chi connectivity index (χ4v) is 3.19. The number of hydrogen-bond acceptors (Lipinski definition) is 5. The SMILES string of the molecule is C.C.C.C.CC(C)C1=CC(C(C)C)=NC1.CC(C)C1=NC(C(C)C)=NC1.CC(C)C1=NN=C(C(C)C)C1. The molecular formula is C32H65N5. The largest absolute Gasteiger partial charge is 0.285 e. The van der Waals surface area contributed by atoms with Crippen molar-refractivity contribution in [3.63, 3.8) is 0 Å². The molecule has 3 aliphatic rings. The van der Waals surface area contributed by atoms with Crippen LogP contribution in [0.2, 0.25) is 0 Å². The monoisotopic (exact) mass is 520 g/mol. The lowest BCUT2D eigenvalue weighted by molar-refractivity contribution is 0.754. The second kappa shape index (κ2) is 20.1. The normalized spacial score (nSPS) is 15.7. The Labute approximate surface area is 233 Å². The second-order valence-electron chi connectivity index (χ2n) is 11.0. The predicted octanol–water partition coefficient (Wildman–Crippen LogP) is 9.87. The van der Waals surface area contributed by atoms with Crippen LogP contribution < -0.4 is 0 Å². The van der Waals surface area contributed by atoms with Crippen molar-refractivity contribution in [1.82, 2.24) is 0 Å². The Balaban J connectivity index is -0.000000209. The molecule has 0 fully saturated rings. The van der Waals surface area contributed by atoms with Gasteiger partial charge in [-0.15, -0.1) is 0 Å². The first kappa shape index (κ1) is 42.2. The highest BCUT2D eigenvalue weighted by Crippen LogP contribution is 2.18. The number of rotatable bonds is 6. The Hall–Kier alpha value is -1.91. The molecular weight excluding hydrogens is 454 g/mol. The molecule has 3 aliphatic heterocycles. The second-order valence-corrected chi connectivity index (χ2v) is 11.0. The predicted molar refractivity (Wildman–Crippen MR) is 176 cm³/mol. The van der Waals surface area contributed by atoms with Gasteiger partial charge in [-0.3, -0.25) is 9.98 Å². The van der Waals surface area contributed by atoms with Crippen LogP contribution in [0.1, 0.15) is 119 Å². The zero-order chi connectivity index (χ0) is 25.3. The van der Waals surface area contributed by atoms with Crippen molar-refractivity contribution in [2.75, 3.05) is 13.1 Å². The van der Waals surface area contributed by atoms with Gasteiger partial charge in [0.2, 0.25) is 0 Å². The maximum absolute atomic E-state index is 4.46. The van der Waals surface area contributed by atoms with E-state index in [0.717, 1.165) is 25.3 Å². The van der Waals surface area contributed by atoms with Gasteiger partial charge in [0, 0.05) is 35.2 Å². The van der Waals surface area contributed by atoms with E-state index in [-0.39, 0.29) is 29.7 Å². The number of nitrogens with zero attached hydrogens (tertiary/aromatic N) is 5. The molecule has 0 saturated heterocycles. The molecule has 218 valence electrons. The minimum atomic E-state index is 0. The summed E-state index contributed by atoms with van der Waals surface area (Å²) in [6.07, 6.45) is 3.25. The summed E-state index contributed by atoms with van der Waals surface area (Å²) >= 11 is 0. The highest BCUT2D eigenvalue weighted by molar-refractivity contribution is 6.08. The first-order chi connectivity index (χ1) is 15.3. The first-order valence-corrected chi connectivity index (χ1v) is 12.8.